The van der Waals surface area contributed by atoms with Gasteiger partial charge in [-0.25, -0.2) is 0 Å². The predicted molar refractivity (Wildman–Crippen MR) is 75.1 cm³/mol. The van der Waals surface area contributed by atoms with Gasteiger partial charge >= 0.3 is 0 Å². The van der Waals surface area contributed by atoms with Gasteiger partial charge in [-0.1, -0.05) is 49.8 Å². The monoisotopic (exact) mass is 229 g/mol. The van der Waals surface area contributed by atoms with Crippen molar-refractivity contribution in [3.63, 3.8) is 0 Å². The van der Waals surface area contributed by atoms with Gasteiger partial charge in [-0.05, 0) is 43.4 Å². The number of unbranched alkanes of at least 4 members (excludes halogenated alkanes) is 1. The number of hydrogen-bond acceptors (Lipinski definition) is 1. The SMILES string of the molecule is CCCCc1ccc(/C=C/C2CCCN2)cc1. The van der Waals surface area contributed by atoms with E-state index < -0.39 is 0 Å². The molecule has 1 atom stereocenters. The van der Waals surface area contributed by atoms with Gasteiger partial charge in [0.05, 0.1) is 0 Å². The molecule has 2 rings (SSSR count). The minimum absolute atomic E-state index is 0.592. The molecule has 1 aromatic rings. The number of hydrogen-bond donors (Lipinski definition) is 1. The third kappa shape index (κ3) is 4.01. The second-order valence-electron chi connectivity index (χ2n) is 4.91. The maximum Gasteiger partial charge on any atom is 0.0253 e. The molecule has 0 radical (unpaired) electrons. The molecule has 0 spiro atoms. The van der Waals surface area contributed by atoms with Crippen molar-refractivity contribution >= 4 is 6.08 Å². The molecule has 0 saturated carbocycles. The Morgan fingerprint density at radius 1 is 1.29 bits per heavy atom. The summed E-state index contributed by atoms with van der Waals surface area (Å²) in [5.41, 5.74) is 2.78. The Morgan fingerprint density at radius 2 is 2.12 bits per heavy atom. The Labute approximate surface area is 105 Å². The highest BCUT2D eigenvalue weighted by atomic mass is 14.9. The summed E-state index contributed by atoms with van der Waals surface area (Å²) in [7, 11) is 0. The van der Waals surface area contributed by atoms with Crippen LogP contribution in [0.4, 0.5) is 0 Å². The lowest BCUT2D eigenvalue weighted by molar-refractivity contribution is 0.730. The van der Waals surface area contributed by atoms with Gasteiger partial charge in [0, 0.05) is 6.04 Å². The fourth-order valence-corrected chi connectivity index (χ4v) is 2.28. The second-order valence-corrected chi connectivity index (χ2v) is 4.91. The largest absolute Gasteiger partial charge is 0.311 e. The fourth-order valence-electron chi connectivity index (χ4n) is 2.28. The summed E-state index contributed by atoms with van der Waals surface area (Å²) in [6.45, 7) is 3.41. The van der Waals surface area contributed by atoms with Crippen molar-refractivity contribution in [2.24, 2.45) is 0 Å². The predicted octanol–water partition coefficient (Wildman–Crippen LogP) is 3.79. The van der Waals surface area contributed by atoms with Crippen molar-refractivity contribution in [2.45, 2.75) is 45.1 Å². The van der Waals surface area contributed by atoms with E-state index in [9.17, 15) is 0 Å². The van der Waals surface area contributed by atoms with Crippen LogP contribution in [0.2, 0.25) is 0 Å². The lowest BCUT2D eigenvalue weighted by Gasteiger charge is -2.03. The molecule has 1 fully saturated rings. The van der Waals surface area contributed by atoms with Crippen LogP contribution in [0.25, 0.3) is 6.08 Å². The second kappa shape index (κ2) is 6.61. The highest BCUT2D eigenvalue weighted by Crippen LogP contribution is 2.11. The molecule has 0 aliphatic carbocycles. The first kappa shape index (κ1) is 12.4. The van der Waals surface area contributed by atoms with E-state index in [0.29, 0.717) is 6.04 Å². The average Bonchev–Trinajstić information content (AvgIpc) is 2.88. The molecular formula is C16H23N. The van der Waals surface area contributed by atoms with Gasteiger partial charge in [0.25, 0.3) is 0 Å². The molecule has 1 unspecified atom stereocenters. The minimum atomic E-state index is 0.592. The zero-order chi connectivity index (χ0) is 11.9. The number of benzene rings is 1. The molecule has 1 saturated heterocycles. The minimum Gasteiger partial charge on any atom is -0.311 e. The van der Waals surface area contributed by atoms with Crippen molar-refractivity contribution in [3.05, 3.63) is 41.5 Å². The molecule has 1 aliphatic rings. The van der Waals surface area contributed by atoms with E-state index in [2.05, 4.69) is 48.7 Å². The molecule has 92 valence electrons. The Hall–Kier alpha value is -1.08. The first-order valence-electron chi connectivity index (χ1n) is 6.89. The Balaban J connectivity index is 1.88. The molecule has 0 aromatic heterocycles. The Morgan fingerprint density at radius 3 is 2.76 bits per heavy atom. The quantitative estimate of drug-likeness (QED) is 0.810. The van der Waals surface area contributed by atoms with Crippen LogP contribution in [0.3, 0.4) is 0 Å². The molecule has 1 aromatic carbocycles. The highest BCUT2D eigenvalue weighted by Gasteiger charge is 2.09. The summed E-state index contributed by atoms with van der Waals surface area (Å²) in [6.07, 6.45) is 10.9. The van der Waals surface area contributed by atoms with E-state index in [4.69, 9.17) is 0 Å². The summed E-state index contributed by atoms with van der Waals surface area (Å²) in [6, 6.07) is 9.58. The fraction of sp³-hybridized carbons (Fsp3) is 0.500. The van der Waals surface area contributed by atoms with E-state index in [1.54, 1.807) is 0 Å². The van der Waals surface area contributed by atoms with Crippen LogP contribution in [0.5, 0.6) is 0 Å². The van der Waals surface area contributed by atoms with Gasteiger partial charge in [-0.3, -0.25) is 0 Å². The average molecular weight is 229 g/mol. The van der Waals surface area contributed by atoms with Crippen molar-refractivity contribution < 1.29 is 0 Å². The molecule has 0 bridgehead atoms. The van der Waals surface area contributed by atoms with Crippen LogP contribution in [0.15, 0.2) is 30.3 Å². The van der Waals surface area contributed by atoms with Crippen LogP contribution < -0.4 is 5.32 Å². The molecule has 0 amide bonds. The summed E-state index contributed by atoms with van der Waals surface area (Å²) < 4.78 is 0. The van der Waals surface area contributed by atoms with Crippen LogP contribution in [-0.2, 0) is 6.42 Å². The lowest BCUT2D eigenvalue weighted by Crippen LogP contribution is -2.17. The molecule has 1 nitrogen and oxygen atoms in total. The highest BCUT2D eigenvalue weighted by molar-refractivity contribution is 5.50. The van der Waals surface area contributed by atoms with Crippen molar-refractivity contribution in [3.8, 4) is 0 Å². The summed E-state index contributed by atoms with van der Waals surface area (Å²) in [5.74, 6) is 0. The van der Waals surface area contributed by atoms with Crippen LogP contribution in [0, 0.1) is 0 Å². The zero-order valence-corrected chi connectivity index (χ0v) is 10.8. The smallest absolute Gasteiger partial charge is 0.0253 e. The molecule has 1 heteroatoms. The summed E-state index contributed by atoms with van der Waals surface area (Å²) in [4.78, 5) is 0. The topological polar surface area (TPSA) is 12.0 Å². The molecule has 17 heavy (non-hydrogen) atoms. The van der Waals surface area contributed by atoms with Crippen molar-refractivity contribution in [1.29, 1.82) is 0 Å². The first-order chi connectivity index (χ1) is 8.38. The summed E-state index contributed by atoms with van der Waals surface area (Å²) >= 11 is 0. The zero-order valence-electron chi connectivity index (χ0n) is 10.8. The maximum atomic E-state index is 3.48. The van der Waals surface area contributed by atoms with Gasteiger partial charge < -0.3 is 5.32 Å². The molecule has 1 heterocycles. The standard InChI is InChI=1S/C16H23N/c1-2-3-5-14-7-9-15(10-8-14)11-12-16-6-4-13-17-16/h7-12,16-17H,2-6,13H2,1H3/b12-11+. The van der Waals surface area contributed by atoms with Gasteiger partial charge in [-0.2, -0.15) is 0 Å². The van der Waals surface area contributed by atoms with E-state index in [1.165, 1.54) is 49.8 Å². The lowest BCUT2D eigenvalue weighted by atomic mass is 10.1. The maximum absolute atomic E-state index is 3.48. The normalized spacial score (nSPS) is 20.2. The van der Waals surface area contributed by atoms with E-state index in [-0.39, 0.29) is 0 Å². The third-order valence-corrected chi connectivity index (χ3v) is 3.42. The van der Waals surface area contributed by atoms with Gasteiger partial charge in [0.15, 0.2) is 0 Å². The van der Waals surface area contributed by atoms with Gasteiger partial charge in [0.2, 0.25) is 0 Å². The Bertz CT molecular complexity index is 344. The van der Waals surface area contributed by atoms with Gasteiger partial charge in [-0.15, -0.1) is 0 Å². The van der Waals surface area contributed by atoms with Crippen LogP contribution >= 0.6 is 0 Å². The van der Waals surface area contributed by atoms with Crippen LogP contribution in [0.1, 0.15) is 43.7 Å². The van der Waals surface area contributed by atoms with Crippen LogP contribution in [-0.4, -0.2) is 12.6 Å². The third-order valence-electron chi connectivity index (χ3n) is 3.42. The Kier molecular flexibility index (Phi) is 4.81. The van der Waals surface area contributed by atoms with Crippen molar-refractivity contribution in [2.75, 3.05) is 6.54 Å². The van der Waals surface area contributed by atoms with Crippen molar-refractivity contribution in [1.82, 2.24) is 5.32 Å². The summed E-state index contributed by atoms with van der Waals surface area (Å²) in [5, 5.41) is 3.48. The van der Waals surface area contributed by atoms with E-state index in [1.807, 2.05) is 0 Å². The molecular weight excluding hydrogens is 206 g/mol. The van der Waals surface area contributed by atoms with E-state index in [0.717, 1.165) is 0 Å². The number of rotatable bonds is 5. The van der Waals surface area contributed by atoms with E-state index >= 15 is 0 Å². The molecule has 1 N–H and O–H groups in total. The first-order valence-corrected chi connectivity index (χ1v) is 6.89. The molecule has 1 aliphatic heterocycles. The number of aryl methyl sites for hydroxylation is 1. The van der Waals surface area contributed by atoms with Gasteiger partial charge in [0.1, 0.15) is 0 Å². The number of nitrogens with one attached hydrogen (secondary N) is 1.